The van der Waals surface area contributed by atoms with E-state index in [2.05, 4.69) is 14.6 Å². The van der Waals surface area contributed by atoms with Gasteiger partial charge < -0.3 is 20.7 Å². The molecule has 1 aromatic heterocycles. The minimum Gasteiger partial charge on any atom is -0.490 e. The predicted molar refractivity (Wildman–Crippen MR) is 72.1 cm³/mol. The molecular formula is C11H18N4O2S. The van der Waals surface area contributed by atoms with Crippen LogP contribution in [0.4, 0.5) is 10.8 Å². The van der Waals surface area contributed by atoms with Crippen molar-refractivity contribution in [2.24, 2.45) is 0 Å². The Morgan fingerprint density at radius 2 is 2.22 bits per heavy atom. The number of carbonyl (C=O) groups excluding carboxylic acids is 1. The van der Waals surface area contributed by atoms with Gasteiger partial charge in [0, 0.05) is 26.1 Å². The first-order valence-corrected chi connectivity index (χ1v) is 6.70. The second-order valence-electron chi connectivity index (χ2n) is 4.37. The number of ether oxygens (including phenoxy) is 1. The SMILES string of the molecule is COc1c(N)nsc1N1CCC(NC(C)=O)CC1. The second kappa shape index (κ2) is 5.43. The number of carbonyl (C=O) groups is 1. The highest BCUT2D eigenvalue weighted by atomic mass is 32.1. The van der Waals surface area contributed by atoms with Crippen molar-refractivity contribution in [3.05, 3.63) is 0 Å². The lowest BCUT2D eigenvalue weighted by Crippen LogP contribution is -2.43. The average Bonchev–Trinajstić information content (AvgIpc) is 2.70. The Labute approximate surface area is 110 Å². The van der Waals surface area contributed by atoms with Gasteiger partial charge in [0.1, 0.15) is 0 Å². The third kappa shape index (κ3) is 2.66. The van der Waals surface area contributed by atoms with Crippen LogP contribution in [-0.4, -0.2) is 36.5 Å². The van der Waals surface area contributed by atoms with Gasteiger partial charge in [-0.1, -0.05) is 0 Å². The van der Waals surface area contributed by atoms with Gasteiger partial charge in [0.25, 0.3) is 0 Å². The highest BCUT2D eigenvalue weighted by Gasteiger charge is 2.24. The Morgan fingerprint density at radius 3 is 2.78 bits per heavy atom. The third-order valence-corrected chi connectivity index (χ3v) is 3.96. The van der Waals surface area contributed by atoms with E-state index in [1.807, 2.05) is 0 Å². The molecule has 1 aromatic rings. The monoisotopic (exact) mass is 270 g/mol. The van der Waals surface area contributed by atoms with Gasteiger partial charge in [0.15, 0.2) is 16.6 Å². The molecule has 6 nitrogen and oxygen atoms in total. The number of amides is 1. The number of nitrogens with two attached hydrogens (primary N) is 1. The molecule has 1 saturated heterocycles. The van der Waals surface area contributed by atoms with Crippen molar-refractivity contribution >= 4 is 28.3 Å². The molecule has 1 amide bonds. The van der Waals surface area contributed by atoms with E-state index in [0.717, 1.165) is 30.9 Å². The summed E-state index contributed by atoms with van der Waals surface area (Å²) in [6.45, 7) is 3.31. The van der Waals surface area contributed by atoms with Gasteiger partial charge in [-0.15, -0.1) is 0 Å². The van der Waals surface area contributed by atoms with Crippen LogP contribution in [0.1, 0.15) is 19.8 Å². The molecule has 2 rings (SSSR count). The van der Waals surface area contributed by atoms with Crippen molar-refractivity contribution in [1.29, 1.82) is 0 Å². The number of hydrogen-bond donors (Lipinski definition) is 2. The van der Waals surface area contributed by atoms with E-state index in [-0.39, 0.29) is 11.9 Å². The van der Waals surface area contributed by atoms with Crippen molar-refractivity contribution in [1.82, 2.24) is 9.69 Å². The molecular weight excluding hydrogens is 252 g/mol. The molecule has 7 heteroatoms. The number of rotatable bonds is 3. The summed E-state index contributed by atoms with van der Waals surface area (Å²) in [6.07, 6.45) is 1.86. The fourth-order valence-corrected chi connectivity index (χ4v) is 3.03. The van der Waals surface area contributed by atoms with E-state index in [9.17, 15) is 4.79 Å². The first-order chi connectivity index (χ1) is 8.61. The third-order valence-electron chi connectivity index (χ3n) is 3.05. The summed E-state index contributed by atoms with van der Waals surface area (Å²) in [4.78, 5) is 13.2. The van der Waals surface area contributed by atoms with Gasteiger partial charge in [-0.25, -0.2) is 0 Å². The van der Waals surface area contributed by atoms with Gasteiger partial charge in [0.2, 0.25) is 5.91 Å². The van der Waals surface area contributed by atoms with Crippen molar-refractivity contribution in [2.45, 2.75) is 25.8 Å². The lowest BCUT2D eigenvalue weighted by Gasteiger charge is -2.32. The number of hydrogen-bond acceptors (Lipinski definition) is 6. The van der Waals surface area contributed by atoms with E-state index in [1.165, 1.54) is 11.5 Å². The van der Waals surface area contributed by atoms with Crippen LogP contribution in [0.3, 0.4) is 0 Å². The summed E-state index contributed by atoms with van der Waals surface area (Å²) in [5.41, 5.74) is 5.74. The van der Waals surface area contributed by atoms with Crippen LogP contribution in [0.15, 0.2) is 0 Å². The van der Waals surface area contributed by atoms with Crippen LogP contribution in [0.2, 0.25) is 0 Å². The van der Waals surface area contributed by atoms with Crippen molar-refractivity contribution in [3.8, 4) is 5.75 Å². The number of methoxy groups -OCH3 is 1. The number of nitrogens with one attached hydrogen (secondary N) is 1. The Morgan fingerprint density at radius 1 is 1.56 bits per heavy atom. The normalized spacial score (nSPS) is 16.7. The van der Waals surface area contributed by atoms with Crippen LogP contribution >= 0.6 is 11.5 Å². The van der Waals surface area contributed by atoms with Gasteiger partial charge >= 0.3 is 0 Å². The summed E-state index contributed by atoms with van der Waals surface area (Å²) in [5.74, 6) is 1.15. The quantitative estimate of drug-likeness (QED) is 0.850. The molecule has 100 valence electrons. The molecule has 0 unspecified atom stereocenters. The van der Waals surface area contributed by atoms with Gasteiger partial charge in [-0.2, -0.15) is 4.37 Å². The summed E-state index contributed by atoms with van der Waals surface area (Å²) >= 11 is 1.36. The maximum Gasteiger partial charge on any atom is 0.217 e. The summed E-state index contributed by atoms with van der Waals surface area (Å²) in [6, 6.07) is 0.273. The van der Waals surface area contributed by atoms with Crippen molar-refractivity contribution in [2.75, 3.05) is 30.8 Å². The summed E-state index contributed by atoms with van der Waals surface area (Å²) < 4.78 is 9.39. The molecule has 1 fully saturated rings. The molecule has 0 aromatic carbocycles. The zero-order valence-corrected chi connectivity index (χ0v) is 11.4. The minimum atomic E-state index is 0.0352. The standard InChI is InChI=1S/C11H18N4O2S/c1-7(16)13-8-3-5-15(6-4-8)11-9(17-2)10(12)14-18-11/h8H,3-6H2,1-2H3,(H2,12,14)(H,13,16). The molecule has 0 radical (unpaired) electrons. The highest BCUT2D eigenvalue weighted by Crippen LogP contribution is 2.38. The lowest BCUT2D eigenvalue weighted by atomic mass is 10.1. The van der Waals surface area contributed by atoms with E-state index in [1.54, 1.807) is 14.0 Å². The first-order valence-electron chi connectivity index (χ1n) is 5.93. The topological polar surface area (TPSA) is 80.5 Å². The average molecular weight is 270 g/mol. The molecule has 2 heterocycles. The highest BCUT2D eigenvalue weighted by molar-refractivity contribution is 7.11. The van der Waals surface area contributed by atoms with Crippen LogP contribution in [0.25, 0.3) is 0 Å². The van der Waals surface area contributed by atoms with E-state index < -0.39 is 0 Å². The Balaban J connectivity index is 1.99. The molecule has 0 saturated carbocycles. The molecule has 1 aliphatic rings. The van der Waals surface area contributed by atoms with E-state index >= 15 is 0 Å². The fraction of sp³-hybridized carbons (Fsp3) is 0.636. The minimum absolute atomic E-state index is 0.0352. The Kier molecular flexibility index (Phi) is 3.90. The zero-order valence-electron chi connectivity index (χ0n) is 10.6. The van der Waals surface area contributed by atoms with Crippen LogP contribution in [-0.2, 0) is 4.79 Å². The zero-order chi connectivity index (χ0) is 13.1. The second-order valence-corrected chi connectivity index (χ2v) is 5.12. The fourth-order valence-electron chi connectivity index (χ4n) is 2.19. The van der Waals surface area contributed by atoms with Gasteiger partial charge in [-0.05, 0) is 24.4 Å². The van der Waals surface area contributed by atoms with Crippen LogP contribution < -0.4 is 20.7 Å². The molecule has 0 atom stereocenters. The molecule has 0 bridgehead atoms. The number of piperidine rings is 1. The molecule has 0 spiro atoms. The maximum absolute atomic E-state index is 11.0. The number of aromatic nitrogens is 1. The van der Waals surface area contributed by atoms with Gasteiger partial charge in [0.05, 0.1) is 7.11 Å². The number of anilines is 2. The molecule has 0 aliphatic carbocycles. The van der Waals surface area contributed by atoms with Crippen molar-refractivity contribution in [3.63, 3.8) is 0 Å². The molecule has 3 N–H and O–H groups in total. The summed E-state index contributed by atoms with van der Waals surface area (Å²) in [5, 5.41) is 3.94. The predicted octanol–water partition coefficient (Wildman–Crippen LogP) is 0.839. The smallest absolute Gasteiger partial charge is 0.217 e. The number of nitrogen functional groups attached to an aromatic ring is 1. The van der Waals surface area contributed by atoms with Crippen LogP contribution in [0, 0.1) is 0 Å². The van der Waals surface area contributed by atoms with E-state index in [0.29, 0.717) is 11.6 Å². The maximum atomic E-state index is 11.0. The molecule has 1 aliphatic heterocycles. The van der Waals surface area contributed by atoms with E-state index in [4.69, 9.17) is 10.5 Å². The largest absolute Gasteiger partial charge is 0.490 e. The van der Waals surface area contributed by atoms with Crippen LogP contribution in [0.5, 0.6) is 5.75 Å². The number of nitrogens with zero attached hydrogens (tertiary/aromatic N) is 2. The van der Waals surface area contributed by atoms with Gasteiger partial charge in [-0.3, -0.25) is 4.79 Å². The lowest BCUT2D eigenvalue weighted by molar-refractivity contribution is -0.119. The first kappa shape index (κ1) is 12.9. The molecule has 18 heavy (non-hydrogen) atoms. The summed E-state index contributed by atoms with van der Waals surface area (Å²) in [7, 11) is 1.60. The Hall–Kier alpha value is -1.50. The Bertz CT molecular complexity index is 427. The van der Waals surface area contributed by atoms with Crippen molar-refractivity contribution < 1.29 is 9.53 Å².